The molecule has 0 unspecified atom stereocenters. The van der Waals surface area contributed by atoms with Gasteiger partial charge in [0.2, 0.25) is 0 Å². The molecule has 0 aromatic carbocycles. The van der Waals surface area contributed by atoms with Gasteiger partial charge in [0.1, 0.15) is 0 Å². The van der Waals surface area contributed by atoms with Gasteiger partial charge in [-0.15, -0.1) is 0 Å². The summed E-state index contributed by atoms with van der Waals surface area (Å²) in [7, 11) is 0. The molecule has 0 bridgehead atoms. The van der Waals surface area contributed by atoms with Crippen LogP contribution in [-0.4, -0.2) is 24.3 Å². The quantitative estimate of drug-likeness (QED) is 0.536. The van der Waals surface area contributed by atoms with Crippen molar-refractivity contribution in [2.45, 2.75) is 25.8 Å². The fourth-order valence-corrected chi connectivity index (χ4v) is 1.36. The monoisotopic (exact) mass is 129 g/mol. The third-order valence-electron chi connectivity index (χ3n) is 2.13. The van der Waals surface area contributed by atoms with E-state index in [0.29, 0.717) is 18.6 Å². The maximum atomic E-state index is 8.80. The van der Waals surface area contributed by atoms with Gasteiger partial charge in [0, 0.05) is 6.04 Å². The minimum absolute atomic E-state index is 0.293. The maximum Gasteiger partial charge on any atom is 0.0587 e. The van der Waals surface area contributed by atoms with Gasteiger partial charge in [-0.3, -0.25) is 0 Å². The molecule has 0 aromatic rings. The Balaban J connectivity index is 2.30. The Kier molecular flexibility index (Phi) is 2.49. The largest absolute Gasteiger partial charge is 0.395 e. The molecule has 0 spiro atoms. The summed E-state index contributed by atoms with van der Waals surface area (Å²) < 4.78 is 0. The molecule has 2 N–H and O–H groups in total. The number of aliphatic hydroxyl groups excluding tert-OH is 1. The van der Waals surface area contributed by atoms with Crippen LogP contribution in [0.3, 0.4) is 0 Å². The Labute approximate surface area is 56.3 Å². The summed E-state index contributed by atoms with van der Waals surface area (Å²) in [5, 5.41) is 12.1. The Bertz CT molecular complexity index is 85.0. The number of nitrogens with one attached hydrogen (secondary N) is 1. The number of hydrogen-bond acceptors (Lipinski definition) is 2. The minimum atomic E-state index is 0.293. The maximum absolute atomic E-state index is 8.80. The van der Waals surface area contributed by atoms with Crippen LogP contribution in [0.4, 0.5) is 0 Å². The lowest BCUT2D eigenvalue weighted by molar-refractivity contribution is 0.179. The van der Waals surface area contributed by atoms with E-state index in [0.717, 1.165) is 6.54 Å². The lowest BCUT2D eigenvalue weighted by atomic mass is 9.93. The van der Waals surface area contributed by atoms with Gasteiger partial charge in [-0.05, 0) is 25.3 Å². The van der Waals surface area contributed by atoms with E-state index in [1.54, 1.807) is 0 Å². The van der Waals surface area contributed by atoms with E-state index in [1.165, 1.54) is 12.8 Å². The van der Waals surface area contributed by atoms with Crippen molar-refractivity contribution in [3.63, 3.8) is 0 Å². The number of rotatable bonds is 1. The second-order valence-corrected chi connectivity index (χ2v) is 2.86. The third kappa shape index (κ3) is 1.66. The number of hydrogen-bond donors (Lipinski definition) is 2. The van der Waals surface area contributed by atoms with Gasteiger partial charge in [-0.2, -0.15) is 0 Å². The fraction of sp³-hybridized carbons (Fsp3) is 1.00. The SMILES string of the molecule is C[C@@H]1CCCN[C@H]1CO. The highest BCUT2D eigenvalue weighted by Crippen LogP contribution is 2.14. The normalized spacial score (nSPS) is 36.7. The van der Waals surface area contributed by atoms with Crippen LogP contribution in [0.2, 0.25) is 0 Å². The standard InChI is InChI=1S/C7H15NO/c1-6-3-2-4-8-7(6)5-9/h6-9H,2-5H2,1H3/t6-,7+/m1/s1. The Morgan fingerprint density at radius 3 is 2.89 bits per heavy atom. The van der Waals surface area contributed by atoms with Crippen molar-refractivity contribution in [2.24, 2.45) is 5.92 Å². The smallest absolute Gasteiger partial charge is 0.0587 e. The molecule has 0 aliphatic carbocycles. The first-order valence-corrected chi connectivity index (χ1v) is 3.69. The average Bonchev–Trinajstić information content (AvgIpc) is 1.89. The molecular weight excluding hydrogens is 114 g/mol. The van der Waals surface area contributed by atoms with Crippen LogP contribution in [-0.2, 0) is 0 Å². The first-order valence-electron chi connectivity index (χ1n) is 3.69. The molecule has 1 rings (SSSR count). The van der Waals surface area contributed by atoms with Crippen LogP contribution in [0, 0.1) is 5.92 Å². The van der Waals surface area contributed by atoms with Gasteiger partial charge in [0.05, 0.1) is 6.61 Å². The molecule has 1 saturated heterocycles. The zero-order chi connectivity index (χ0) is 6.69. The summed E-state index contributed by atoms with van der Waals surface area (Å²) in [6, 6.07) is 0.360. The van der Waals surface area contributed by atoms with Crippen LogP contribution in [0.5, 0.6) is 0 Å². The van der Waals surface area contributed by atoms with E-state index in [2.05, 4.69) is 12.2 Å². The van der Waals surface area contributed by atoms with E-state index in [1.807, 2.05) is 0 Å². The highest BCUT2D eigenvalue weighted by molar-refractivity contribution is 4.76. The number of piperidine rings is 1. The van der Waals surface area contributed by atoms with Crippen LogP contribution >= 0.6 is 0 Å². The number of aliphatic hydroxyl groups is 1. The predicted octanol–water partition coefficient (Wildman–Crippen LogP) is 0.367. The molecule has 0 aromatic heterocycles. The zero-order valence-corrected chi connectivity index (χ0v) is 5.93. The highest BCUT2D eigenvalue weighted by atomic mass is 16.3. The van der Waals surface area contributed by atoms with Gasteiger partial charge in [0.25, 0.3) is 0 Å². The Hall–Kier alpha value is -0.0800. The first kappa shape index (κ1) is 7.03. The molecule has 2 nitrogen and oxygen atoms in total. The lowest BCUT2D eigenvalue weighted by Gasteiger charge is -2.28. The summed E-state index contributed by atoms with van der Waals surface area (Å²) >= 11 is 0. The molecule has 0 amide bonds. The molecule has 1 fully saturated rings. The molecule has 0 radical (unpaired) electrons. The Morgan fingerprint density at radius 2 is 2.44 bits per heavy atom. The molecule has 54 valence electrons. The van der Waals surface area contributed by atoms with Crippen molar-refractivity contribution < 1.29 is 5.11 Å². The van der Waals surface area contributed by atoms with Crippen LogP contribution in [0.1, 0.15) is 19.8 Å². The van der Waals surface area contributed by atoms with Crippen molar-refractivity contribution in [2.75, 3.05) is 13.2 Å². The van der Waals surface area contributed by atoms with E-state index >= 15 is 0 Å². The van der Waals surface area contributed by atoms with Crippen molar-refractivity contribution in [3.8, 4) is 0 Å². The van der Waals surface area contributed by atoms with Gasteiger partial charge >= 0.3 is 0 Å². The predicted molar refractivity (Wildman–Crippen MR) is 37.3 cm³/mol. The minimum Gasteiger partial charge on any atom is -0.395 e. The summed E-state index contributed by atoms with van der Waals surface area (Å²) in [6.07, 6.45) is 2.52. The highest BCUT2D eigenvalue weighted by Gasteiger charge is 2.18. The molecular formula is C7H15NO. The molecule has 2 heteroatoms. The van der Waals surface area contributed by atoms with E-state index < -0.39 is 0 Å². The summed E-state index contributed by atoms with van der Waals surface area (Å²) in [5.41, 5.74) is 0. The summed E-state index contributed by atoms with van der Waals surface area (Å²) in [6.45, 7) is 3.56. The molecule has 1 aliphatic heterocycles. The van der Waals surface area contributed by atoms with E-state index in [-0.39, 0.29) is 0 Å². The van der Waals surface area contributed by atoms with E-state index in [4.69, 9.17) is 5.11 Å². The van der Waals surface area contributed by atoms with Crippen LogP contribution in [0.25, 0.3) is 0 Å². The topological polar surface area (TPSA) is 32.3 Å². The van der Waals surface area contributed by atoms with Crippen LogP contribution in [0.15, 0.2) is 0 Å². The first-order chi connectivity index (χ1) is 4.34. The van der Waals surface area contributed by atoms with Crippen molar-refractivity contribution in [3.05, 3.63) is 0 Å². The van der Waals surface area contributed by atoms with Crippen molar-refractivity contribution in [1.29, 1.82) is 0 Å². The van der Waals surface area contributed by atoms with Crippen molar-refractivity contribution in [1.82, 2.24) is 5.32 Å². The van der Waals surface area contributed by atoms with Gasteiger partial charge < -0.3 is 10.4 Å². The molecule has 0 saturated carbocycles. The second-order valence-electron chi connectivity index (χ2n) is 2.86. The van der Waals surface area contributed by atoms with E-state index in [9.17, 15) is 0 Å². The second kappa shape index (κ2) is 3.18. The van der Waals surface area contributed by atoms with Crippen molar-refractivity contribution >= 4 is 0 Å². The average molecular weight is 129 g/mol. The van der Waals surface area contributed by atoms with Crippen LogP contribution < -0.4 is 5.32 Å². The summed E-state index contributed by atoms with van der Waals surface area (Å²) in [4.78, 5) is 0. The fourth-order valence-electron chi connectivity index (χ4n) is 1.36. The molecule has 1 aliphatic rings. The van der Waals surface area contributed by atoms with Gasteiger partial charge in [-0.1, -0.05) is 6.92 Å². The van der Waals surface area contributed by atoms with Gasteiger partial charge in [-0.25, -0.2) is 0 Å². The third-order valence-corrected chi connectivity index (χ3v) is 2.13. The summed E-state index contributed by atoms with van der Waals surface area (Å²) in [5.74, 6) is 0.656. The van der Waals surface area contributed by atoms with Gasteiger partial charge in [0.15, 0.2) is 0 Å². The molecule has 1 heterocycles. The molecule has 9 heavy (non-hydrogen) atoms. The molecule has 2 atom stereocenters. The zero-order valence-electron chi connectivity index (χ0n) is 5.93. The Morgan fingerprint density at radius 1 is 1.67 bits per heavy atom. The lowest BCUT2D eigenvalue weighted by Crippen LogP contribution is -2.42.